The highest BCUT2D eigenvalue weighted by molar-refractivity contribution is 5.75. The Bertz CT molecular complexity index is 399. The van der Waals surface area contributed by atoms with Crippen molar-refractivity contribution >= 4 is 5.91 Å². The van der Waals surface area contributed by atoms with Crippen LogP contribution in [0.4, 0.5) is 4.39 Å². The third-order valence-electron chi connectivity index (χ3n) is 2.69. The topological polar surface area (TPSA) is 64.4 Å². The zero-order valence-electron chi connectivity index (χ0n) is 11.2. The van der Waals surface area contributed by atoms with Crippen LogP contribution in [0.2, 0.25) is 0 Å². The molecule has 1 aromatic carbocycles. The van der Waals surface area contributed by atoms with Gasteiger partial charge in [0.05, 0.1) is 6.54 Å². The molecular formula is C14H21FN2O2. The van der Waals surface area contributed by atoms with Crippen molar-refractivity contribution in [1.29, 1.82) is 0 Å². The quantitative estimate of drug-likeness (QED) is 0.756. The van der Waals surface area contributed by atoms with E-state index in [1.807, 2.05) is 6.92 Å². The third kappa shape index (κ3) is 6.20. The second-order valence-electron chi connectivity index (χ2n) is 4.30. The van der Waals surface area contributed by atoms with Gasteiger partial charge in [-0.3, -0.25) is 4.79 Å². The molecular weight excluding hydrogens is 247 g/mol. The minimum atomic E-state index is -0.334. The molecule has 0 saturated heterocycles. The lowest BCUT2D eigenvalue weighted by molar-refractivity contribution is -0.121. The van der Waals surface area contributed by atoms with E-state index >= 15 is 0 Å². The molecule has 4 nitrogen and oxygen atoms in total. The number of hydrogen-bond acceptors (Lipinski definition) is 3. The van der Waals surface area contributed by atoms with E-state index in [0.717, 1.165) is 6.42 Å². The first-order valence-corrected chi connectivity index (χ1v) is 6.54. The van der Waals surface area contributed by atoms with Crippen LogP contribution >= 0.6 is 0 Å². The van der Waals surface area contributed by atoms with Gasteiger partial charge in [0.15, 0.2) is 0 Å². The van der Waals surface area contributed by atoms with Gasteiger partial charge in [-0.1, -0.05) is 13.0 Å². The summed E-state index contributed by atoms with van der Waals surface area (Å²) in [4.78, 5) is 11.4. The van der Waals surface area contributed by atoms with Gasteiger partial charge in [0.25, 0.3) is 0 Å². The Morgan fingerprint density at radius 3 is 2.95 bits per heavy atom. The highest BCUT2D eigenvalue weighted by Crippen LogP contribution is 2.14. The lowest BCUT2D eigenvalue weighted by Crippen LogP contribution is -2.35. The zero-order valence-corrected chi connectivity index (χ0v) is 11.2. The number of rotatable bonds is 8. The van der Waals surface area contributed by atoms with Crippen LogP contribution < -0.4 is 15.8 Å². The number of amides is 1. The van der Waals surface area contributed by atoms with Crippen molar-refractivity contribution < 1.29 is 13.9 Å². The van der Waals surface area contributed by atoms with E-state index in [1.54, 1.807) is 12.1 Å². The van der Waals surface area contributed by atoms with Crippen LogP contribution in [-0.4, -0.2) is 25.1 Å². The van der Waals surface area contributed by atoms with Crippen molar-refractivity contribution in [3.8, 4) is 5.75 Å². The minimum absolute atomic E-state index is 0.0354. The van der Waals surface area contributed by atoms with Gasteiger partial charge < -0.3 is 15.8 Å². The molecule has 0 aliphatic carbocycles. The summed E-state index contributed by atoms with van der Waals surface area (Å²) in [5.41, 5.74) is 5.34. The number of halogens is 1. The highest BCUT2D eigenvalue weighted by atomic mass is 19.1. The number of nitrogens with one attached hydrogen (secondary N) is 1. The molecule has 3 N–H and O–H groups in total. The fraction of sp³-hybridized carbons (Fsp3) is 0.500. The Balaban J connectivity index is 2.39. The molecule has 5 heteroatoms. The normalized spacial score (nSPS) is 11.9. The molecule has 0 spiro atoms. The van der Waals surface area contributed by atoms with Gasteiger partial charge in [-0.2, -0.15) is 0 Å². The van der Waals surface area contributed by atoms with Crippen LogP contribution in [0.25, 0.3) is 0 Å². The van der Waals surface area contributed by atoms with Gasteiger partial charge in [0.1, 0.15) is 17.7 Å². The van der Waals surface area contributed by atoms with E-state index in [9.17, 15) is 9.18 Å². The molecule has 0 radical (unpaired) electrons. The number of carbonyl (C=O) groups is 1. The molecule has 0 aliphatic heterocycles. The molecule has 1 amide bonds. The van der Waals surface area contributed by atoms with Crippen molar-refractivity contribution in [2.45, 2.75) is 32.3 Å². The second kappa shape index (κ2) is 8.48. The number of ether oxygens (including phenoxy) is 1. The summed E-state index contributed by atoms with van der Waals surface area (Å²) in [5, 5.41) is 2.79. The second-order valence-corrected chi connectivity index (χ2v) is 4.30. The number of hydrogen-bond donors (Lipinski definition) is 2. The molecule has 1 atom stereocenters. The van der Waals surface area contributed by atoms with Gasteiger partial charge in [-0.15, -0.1) is 0 Å². The largest absolute Gasteiger partial charge is 0.489 e. The minimum Gasteiger partial charge on any atom is -0.489 e. The standard InChI is InChI=1S/C14H21FN2O2/c1-2-12(10-17-14(18)7-4-8-16)19-13-6-3-5-11(15)9-13/h3,5-6,9,12H,2,4,7-8,10,16H2,1H3,(H,17,18). The fourth-order valence-electron chi connectivity index (χ4n) is 1.58. The molecule has 0 fully saturated rings. The summed E-state index contributed by atoms with van der Waals surface area (Å²) in [6.45, 7) is 2.87. The Kier molecular flexibility index (Phi) is 6.89. The SMILES string of the molecule is CCC(CNC(=O)CCCN)Oc1cccc(F)c1. The predicted octanol–water partition coefficient (Wildman–Crippen LogP) is 1.84. The van der Waals surface area contributed by atoms with Gasteiger partial charge in [-0.25, -0.2) is 4.39 Å². The Hall–Kier alpha value is -1.62. The van der Waals surface area contributed by atoms with Crippen molar-refractivity contribution in [2.75, 3.05) is 13.1 Å². The molecule has 0 aliphatic rings. The Labute approximate surface area is 113 Å². The van der Waals surface area contributed by atoms with Crippen LogP contribution in [0, 0.1) is 5.82 Å². The van der Waals surface area contributed by atoms with E-state index in [0.29, 0.717) is 31.7 Å². The van der Waals surface area contributed by atoms with E-state index in [1.165, 1.54) is 12.1 Å². The van der Waals surface area contributed by atoms with E-state index in [4.69, 9.17) is 10.5 Å². The first-order valence-electron chi connectivity index (χ1n) is 6.54. The lowest BCUT2D eigenvalue weighted by Gasteiger charge is -2.18. The maximum atomic E-state index is 13.0. The van der Waals surface area contributed by atoms with E-state index < -0.39 is 0 Å². The van der Waals surface area contributed by atoms with Gasteiger partial charge in [0, 0.05) is 12.5 Å². The highest BCUT2D eigenvalue weighted by Gasteiger charge is 2.10. The average molecular weight is 268 g/mol. The maximum Gasteiger partial charge on any atom is 0.220 e. The molecule has 0 aromatic heterocycles. The number of benzene rings is 1. The van der Waals surface area contributed by atoms with Crippen molar-refractivity contribution in [3.05, 3.63) is 30.1 Å². The van der Waals surface area contributed by atoms with Crippen LogP contribution in [0.3, 0.4) is 0 Å². The first-order chi connectivity index (χ1) is 9.15. The van der Waals surface area contributed by atoms with Crippen molar-refractivity contribution in [3.63, 3.8) is 0 Å². The third-order valence-corrected chi connectivity index (χ3v) is 2.69. The van der Waals surface area contributed by atoms with Gasteiger partial charge >= 0.3 is 0 Å². The molecule has 0 heterocycles. The molecule has 1 unspecified atom stereocenters. The molecule has 0 bridgehead atoms. The Morgan fingerprint density at radius 1 is 1.53 bits per heavy atom. The number of carbonyl (C=O) groups excluding carboxylic acids is 1. The van der Waals surface area contributed by atoms with Crippen LogP contribution in [-0.2, 0) is 4.79 Å². The monoisotopic (exact) mass is 268 g/mol. The molecule has 0 saturated carbocycles. The van der Waals surface area contributed by atoms with Crippen LogP contribution in [0.5, 0.6) is 5.75 Å². The summed E-state index contributed by atoms with van der Waals surface area (Å²) < 4.78 is 18.6. The van der Waals surface area contributed by atoms with Gasteiger partial charge in [0.2, 0.25) is 5.91 Å². The van der Waals surface area contributed by atoms with Crippen molar-refractivity contribution in [1.82, 2.24) is 5.32 Å². The molecule has 19 heavy (non-hydrogen) atoms. The molecule has 106 valence electrons. The first kappa shape index (κ1) is 15.4. The van der Waals surface area contributed by atoms with E-state index in [-0.39, 0.29) is 17.8 Å². The smallest absolute Gasteiger partial charge is 0.220 e. The number of nitrogens with two attached hydrogens (primary N) is 1. The molecule has 1 aromatic rings. The summed E-state index contributed by atoms with van der Waals surface area (Å²) >= 11 is 0. The van der Waals surface area contributed by atoms with E-state index in [2.05, 4.69) is 5.32 Å². The summed E-state index contributed by atoms with van der Waals surface area (Å²) in [6.07, 6.45) is 1.66. The zero-order chi connectivity index (χ0) is 14.1. The summed E-state index contributed by atoms with van der Waals surface area (Å²) in [7, 11) is 0. The summed E-state index contributed by atoms with van der Waals surface area (Å²) in [5.74, 6) is 0.106. The van der Waals surface area contributed by atoms with Crippen LogP contribution in [0.1, 0.15) is 26.2 Å². The fourth-order valence-corrected chi connectivity index (χ4v) is 1.58. The Morgan fingerprint density at radius 2 is 2.32 bits per heavy atom. The lowest BCUT2D eigenvalue weighted by atomic mass is 10.2. The van der Waals surface area contributed by atoms with Crippen LogP contribution in [0.15, 0.2) is 24.3 Å². The van der Waals surface area contributed by atoms with Gasteiger partial charge in [-0.05, 0) is 31.5 Å². The summed E-state index contributed by atoms with van der Waals surface area (Å²) in [6, 6.07) is 5.99. The van der Waals surface area contributed by atoms with Crippen molar-refractivity contribution in [2.24, 2.45) is 5.73 Å². The maximum absolute atomic E-state index is 13.0. The molecule has 1 rings (SSSR count). The average Bonchev–Trinajstić information content (AvgIpc) is 2.41. The predicted molar refractivity (Wildman–Crippen MR) is 72.4 cm³/mol.